The maximum Gasteiger partial charge on any atom is 0.416 e. The SMILES string of the molecule is O=S(=O)(Nc1ccccc1CCN1CCN(c2nsc3ccccc23)CC1)c1cccc(C(F)(F)F)c1. The van der Waals surface area contributed by atoms with Crippen molar-refractivity contribution in [1.82, 2.24) is 9.27 Å². The molecule has 3 aromatic carbocycles. The van der Waals surface area contributed by atoms with E-state index in [0.717, 1.165) is 62.3 Å². The molecule has 1 aromatic heterocycles. The van der Waals surface area contributed by atoms with Crippen LogP contribution in [0.15, 0.2) is 77.7 Å². The molecule has 2 heterocycles. The van der Waals surface area contributed by atoms with Gasteiger partial charge in [0, 0.05) is 38.1 Å². The normalized spacial score (nSPS) is 15.3. The minimum absolute atomic E-state index is 0.368. The van der Waals surface area contributed by atoms with Crippen molar-refractivity contribution in [2.45, 2.75) is 17.5 Å². The predicted molar refractivity (Wildman–Crippen MR) is 141 cm³/mol. The van der Waals surface area contributed by atoms with Crippen LogP contribution in [-0.4, -0.2) is 50.4 Å². The number of anilines is 2. The maximum absolute atomic E-state index is 13.1. The van der Waals surface area contributed by atoms with E-state index in [-0.39, 0.29) is 0 Å². The number of sulfonamides is 1. The first-order valence-corrected chi connectivity index (χ1v) is 14.1. The topological polar surface area (TPSA) is 65.5 Å². The van der Waals surface area contributed by atoms with Crippen molar-refractivity contribution in [2.75, 3.05) is 42.3 Å². The summed E-state index contributed by atoms with van der Waals surface area (Å²) in [7, 11) is -4.19. The lowest BCUT2D eigenvalue weighted by atomic mass is 10.1. The van der Waals surface area contributed by atoms with Crippen LogP contribution < -0.4 is 9.62 Å². The third-order valence-electron chi connectivity index (χ3n) is 6.46. The summed E-state index contributed by atoms with van der Waals surface area (Å²) in [5.41, 5.74) is 0.145. The fourth-order valence-corrected chi connectivity index (χ4v) is 6.39. The van der Waals surface area contributed by atoms with E-state index < -0.39 is 26.7 Å². The first-order valence-electron chi connectivity index (χ1n) is 11.8. The maximum atomic E-state index is 13.1. The lowest BCUT2D eigenvalue weighted by Crippen LogP contribution is -2.47. The number of aromatic nitrogens is 1. The number of halogens is 3. The van der Waals surface area contributed by atoms with Crippen LogP contribution in [0.1, 0.15) is 11.1 Å². The molecule has 0 radical (unpaired) electrons. The highest BCUT2D eigenvalue weighted by molar-refractivity contribution is 7.92. The summed E-state index contributed by atoms with van der Waals surface area (Å²) in [5.74, 6) is 1.02. The summed E-state index contributed by atoms with van der Waals surface area (Å²) in [6, 6.07) is 18.9. The summed E-state index contributed by atoms with van der Waals surface area (Å²) < 4.78 is 73.3. The molecule has 0 bridgehead atoms. The molecule has 1 aliphatic rings. The molecule has 194 valence electrons. The van der Waals surface area contributed by atoms with Crippen LogP contribution in [0.5, 0.6) is 0 Å². The molecular weight excluding hydrogens is 521 g/mol. The molecule has 0 atom stereocenters. The lowest BCUT2D eigenvalue weighted by molar-refractivity contribution is -0.137. The highest BCUT2D eigenvalue weighted by Crippen LogP contribution is 2.32. The van der Waals surface area contributed by atoms with E-state index in [1.54, 1.807) is 12.1 Å². The second-order valence-corrected chi connectivity index (χ2v) is 11.4. The van der Waals surface area contributed by atoms with Gasteiger partial charge in [-0.1, -0.05) is 36.4 Å². The zero-order valence-corrected chi connectivity index (χ0v) is 21.4. The van der Waals surface area contributed by atoms with Crippen molar-refractivity contribution >= 4 is 43.1 Å². The van der Waals surface area contributed by atoms with E-state index in [1.807, 2.05) is 24.3 Å². The zero-order valence-electron chi connectivity index (χ0n) is 19.8. The second kappa shape index (κ2) is 10.3. The summed E-state index contributed by atoms with van der Waals surface area (Å²) in [6.07, 6.45) is -4.03. The van der Waals surface area contributed by atoms with Crippen LogP contribution in [0.25, 0.3) is 10.1 Å². The first-order chi connectivity index (χ1) is 17.7. The predicted octanol–water partition coefficient (Wildman–Crippen LogP) is 5.48. The average molecular weight is 547 g/mol. The molecule has 0 saturated carbocycles. The number of para-hydroxylation sites is 1. The van der Waals surface area contributed by atoms with Gasteiger partial charge in [0.1, 0.15) is 5.82 Å². The second-order valence-electron chi connectivity index (χ2n) is 8.87. The molecule has 0 aliphatic carbocycles. The van der Waals surface area contributed by atoms with Gasteiger partial charge in [0.2, 0.25) is 0 Å². The third-order valence-corrected chi connectivity index (χ3v) is 8.64. The summed E-state index contributed by atoms with van der Waals surface area (Å²) in [4.78, 5) is 4.19. The monoisotopic (exact) mass is 546 g/mol. The summed E-state index contributed by atoms with van der Waals surface area (Å²) in [6.45, 7) is 4.12. The van der Waals surface area contributed by atoms with E-state index >= 15 is 0 Å². The molecule has 5 rings (SSSR count). The number of alkyl halides is 3. The van der Waals surface area contributed by atoms with Crippen molar-refractivity contribution in [1.29, 1.82) is 0 Å². The van der Waals surface area contributed by atoms with Gasteiger partial charge in [-0.3, -0.25) is 9.62 Å². The van der Waals surface area contributed by atoms with Crippen LogP contribution in [0.4, 0.5) is 24.7 Å². The van der Waals surface area contributed by atoms with E-state index in [2.05, 4.69) is 31.0 Å². The van der Waals surface area contributed by atoms with E-state index in [9.17, 15) is 21.6 Å². The quantitative estimate of drug-likeness (QED) is 0.333. The molecule has 1 N–H and O–H groups in total. The Balaban J connectivity index is 1.22. The Morgan fingerprint density at radius 3 is 2.43 bits per heavy atom. The number of hydrogen-bond donors (Lipinski definition) is 1. The summed E-state index contributed by atoms with van der Waals surface area (Å²) >= 11 is 1.51. The Bertz CT molecular complexity index is 1500. The van der Waals surface area contributed by atoms with Gasteiger partial charge >= 0.3 is 6.18 Å². The van der Waals surface area contributed by atoms with Crippen molar-refractivity contribution in [3.05, 3.63) is 83.9 Å². The molecule has 0 spiro atoms. The van der Waals surface area contributed by atoms with Crippen LogP contribution in [0, 0.1) is 0 Å². The average Bonchev–Trinajstić information content (AvgIpc) is 3.32. The van der Waals surface area contributed by atoms with Gasteiger partial charge in [0.05, 0.1) is 20.8 Å². The number of nitrogens with zero attached hydrogens (tertiary/aromatic N) is 3. The number of rotatable bonds is 7. The molecule has 11 heteroatoms. The van der Waals surface area contributed by atoms with Crippen molar-refractivity contribution < 1.29 is 21.6 Å². The third kappa shape index (κ3) is 5.73. The molecule has 1 aliphatic heterocycles. The largest absolute Gasteiger partial charge is 0.416 e. The van der Waals surface area contributed by atoms with Gasteiger partial charge < -0.3 is 4.90 Å². The molecule has 37 heavy (non-hydrogen) atoms. The van der Waals surface area contributed by atoms with Crippen LogP contribution in [-0.2, 0) is 22.6 Å². The molecule has 4 aromatic rings. The first kappa shape index (κ1) is 25.5. The zero-order chi connectivity index (χ0) is 26.0. The number of hydrogen-bond acceptors (Lipinski definition) is 6. The Kier molecular flexibility index (Phi) is 7.11. The van der Waals surface area contributed by atoms with Gasteiger partial charge in [0.15, 0.2) is 0 Å². The Morgan fingerprint density at radius 2 is 1.65 bits per heavy atom. The Morgan fingerprint density at radius 1 is 0.919 bits per heavy atom. The van der Waals surface area contributed by atoms with E-state index in [4.69, 9.17) is 0 Å². The molecule has 0 amide bonds. The highest BCUT2D eigenvalue weighted by Gasteiger charge is 2.32. The Labute approximate surface area is 217 Å². The van der Waals surface area contributed by atoms with E-state index in [1.165, 1.54) is 21.6 Å². The molecule has 1 fully saturated rings. The molecule has 0 unspecified atom stereocenters. The van der Waals surface area contributed by atoms with Gasteiger partial charge in [-0.05, 0) is 59.9 Å². The molecular formula is C26H25F3N4O2S2. The van der Waals surface area contributed by atoms with Crippen LogP contribution in [0.2, 0.25) is 0 Å². The standard InChI is InChI=1S/C26H25F3N4O2S2/c27-26(28,29)20-7-5-8-21(18-20)37(34,35)31-23-10-3-1-6-19(23)12-13-32-14-16-33(17-15-32)25-22-9-2-4-11-24(22)36-30-25/h1-11,18,31H,12-17H2. The molecule has 6 nitrogen and oxygen atoms in total. The number of fused-ring (bicyclic) bond motifs is 1. The minimum atomic E-state index is -4.62. The van der Waals surface area contributed by atoms with Crippen molar-refractivity contribution in [3.63, 3.8) is 0 Å². The van der Waals surface area contributed by atoms with Gasteiger partial charge in [-0.2, -0.15) is 17.5 Å². The lowest BCUT2D eigenvalue weighted by Gasteiger charge is -2.35. The van der Waals surface area contributed by atoms with Gasteiger partial charge in [-0.25, -0.2) is 8.42 Å². The number of benzene rings is 3. The molecule has 1 saturated heterocycles. The van der Waals surface area contributed by atoms with Crippen molar-refractivity contribution in [3.8, 4) is 0 Å². The van der Waals surface area contributed by atoms with Gasteiger partial charge in [-0.15, -0.1) is 0 Å². The number of nitrogens with one attached hydrogen (secondary N) is 1. The van der Waals surface area contributed by atoms with E-state index in [0.29, 0.717) is 18.2 Å². The highest BCUT2D eigenvalue weighted by atomic mass is 32.2. The Hall–Kier alpha value is -3.15. The smallest absolute Gasteiger partial charge is 0.353 e. The van der Waals surface area contributed by atoms with Crippen molar-refractivity contribution in [2.24, 2.45) is 0 Å². The van der Waals surface area contributed by atoms with Crippen LogP contribution >= 0.6 is 11.5 Å². The fraction of sp³-hybridized carbons (Fsp3) is 0.269. The fourth-order valence-electron chi connectivity index (χ4n) is 4.44. The number of piperazine rings is 1. The summed E-state index contributed by atoms with van der Waals surface area (Å²) in [5, 5.41) is 1.17. The minimum Gasteiger partial charge on any atom is -0.353 e. The van der Waals surface area contributed by atoms with Gasteiger partial charge in [0.25, 0.3) is 10.0 Å². The van der Waals surface area contributed by atoms with Crippen LogP contribution in [0.3, 0.4) is 0 Å².